The molecule has 10 aromatic rings. The van der Waals surface area contributed by atoms with Gasteiger partial charge in [-0.15, -0.1) is 0 Å². The second-order valence-corrected chi connectivity index (χ2v) is 16.9. The molecule has 0 aliphatic heterocycles. The van der Waals surface area contributed by atoms with Crippen molar-refractivity contribution in [3.8, 4) is 22.6 Å². The summed E-state index contributed by atoms with van der Waals surface area (Å²) in [5, 5.41) is 0. The Bertz CT molecular complexity index is 3070. The van der Waals surface area contributed by atoms with Crippen LogP contribution in [0.2, 0.25) is 0 Å². The van der Waals surface area contributed by atoms with Crippen molar-refractivity contribution in [1.29, 1.82) is 0 Å². The van der Waals surface area contributed by atoms with E-state index in [0.29, 0.717) is 0 Å². The van der Waals surface area contributed by atoms with Crippen molar-refractivity contribution in [3.05, 3.63) is 300 Å². The third-order valence-corrected chi connectivity index (χ3v) is 12.5. The number of hydrogen-bond donors (Lipinski definition) is 0. The quantitative estimate of drug-likeness (QED) is 0.0957. The summed E-state index contributed by atoms with van der Waals surface area (Å²) in [6.07, 6.45) is 4.52. The van der Waals surface area contributed by atoms with Crippen LogP contribution in [0.4, 0.5) is 34.1 Å². The van der Waals surface area contributed by atoms with Crippen LogP contribution >= 0.6 is 0 Å². The lowest BCUT2D eigenvalue weighted by atomic mass is 9.95. The van der Waals surface area contributed by atoms with Gasteiger partial charge >= 0.3 is 0 Å². The first-order chi connectivity index (χ1) is 34.6. The van der Waals surface area contributed by atoms with Crippen LogP contribution in [-0.4, -0.2) is 14.2 Å². The van der Waals surface area contributed by atoms with Gasteiger partial charge in [-0.2, -0.15) is 0 Å². The largest absolute Gasteiger partial charge is 0.497 e. The first-order valence-electron chi connectivity index (χ1n) is 23.5. The molecule has 0 unspecified atom stereocenters. The van der Waals surface area contributed by atoms with Gasteiger partial charge in [0.05, 0.1) is 14.2 Å². The number of methoxy groups -OCH3 is 2. The Labute approximate surface area is 412 Å². The number of rotatable bonds is 15. The number of para-hydroxylation sites is 2. The second kappa shape index (κ2) is 21.2. The summed E-state index contributed by atoms with van der Waals surface area (Å²) in [6.45, 7) is 0. The zero-order valence-electron chi connectivity index (χ0n) is 39.3. The molecular weight excluding hydrogens is 853 g/mol. The summed E-state index contributed by atoms with van der Waals surface area (Å²) in [7, 11) is 3.40. The molecule has 10 aromatic carbocycles. The van der Waals surface area contributed by atoms with Crippen molar-refractivity contribution in [2.75, 3.05) is 24.0 Å². The van der Waals surface area contributed by atoms with Crippen LogP contribution < -0.4 is 19.3 Å². The van der Waals surface area contributed by atoms with E-state index >= 15 is 0 Å². The fraction of sp³-hybridized carbons (Fsp3) is 0.0303. The van der Waals surface area contributed by atoms with E-state index < -0.39 is 0 Å². The number of ether oxygens (including phenoxy) is 2. The molecule has 0 bridgehead atoms. The maximum atomic E-state index is 5.45. The third-order valence-electron chi connectivity index (χ3n) is 12.5. The van der Waals surface area contributed by atoms with E-state index in [1.165, 1.54) is 0 Å². The Kier molecular flexibility index (Phi) is 13.6. The Hall–Kier alpha value is -9.12. The molecule has 0 aliphatic carbocycles. The van der Waals surface area contributed by atoms with E-state index in [1.54, 1.807) is 14.2 Å². The average molecular weight is 905 g/mol. The minimum atomic E-state index is 0.838. The standard InChI is InChI=1S/C66H52N2O2/c1-69-63-43-31-55(32-44-63)65(53-15-7-3-8-16-53)47-49-23-35-59(36-24-49)67(57-19-11-5-12-20-57)61-39-27-51(28-40-61)52-29-41-62(42-30-52)68(58-21-13-6-14-22-58)60-37-25-50(26-38-60)48-66(54-17-9-4-10-18-54)56-33-45-64(70-2)46-34-56/h3-48H,1-2H3/b65-47+,66-48+. The van der Waals surface area contributed by atoms with Crippen molar-refractivity contribution in [2.45, 2.75) is 0 Å². The fourth-order valence-electron chi connectivity index (χ4n) is 8.87. The molecule has 0 fully saturated rings. The van der Waals surface area contributed by atoms with Crippen LogP contribution in [0, 0.1) is 0 Å². The van der Waals surface area contributed by atoms with Gasteiger partial charge in [-0.3, -0.25) is 0 Å². The van der Waals surface area contributed by atoms with E-state index in [0.717, 1.165) is 101 Å². The maximum Gasteiger partial charge on any atom is 0.118 e. The maximum absolute atomic E-state index is 5.45. The number of hydrogen-bond acceptors (Lipinski definition) is 4. The van der Waals surface area contributed by atoms with Crippen molar-refractivity contribution >= 4 is 57.4 Å². The molecule has 0 amide bonds. The molecule has 0 spiro atoms. The van der Waals surface area contributed by atoms with Crippen LogP contribution in [0.5, 0.6) is 11.5 Å². The van der Waals surface area contributed by atoms with Gasteiger partial charge in [0.15, 0.2) is 0 Å². The lowest BCUT2D eigenvalue weighted by Gasteiger charge is -2.26. The SMILES string of the molecule is COc1ccc(/C(=C/c2ccc(N(c3ccccc3)c3ccc(-c4ccc(N(c5ccccc5)c5ccc(/C=C(\c6ccccc6)c6ccc(OC)cc6)cc5)cc4)cc3)cc2)c2ccccc2)cc1. The van der Waals surface area contributed by atoms with Gasteiger partial charge in [0, 0.05) is 34.1 Å². The predicted molar refractivity (Wildman–Crippen MR) is 294 cm³/mol. The van der Waals surface area contributed by atoms with E-state index in [9.17, 15) is 0 Å². The van der Waals surface area contributed by atoms with Crippen molar-refractivity contribution in [1.82, 2.24) is 0 Å². The lowest BCUT2D eigenvalue weighted by Crippen LogP contribution is -2.10. The first-order valence-corrected chi connectivity index (χ1v) is 23.5. The minimum Gasteiger partial charge on any atom is -0.497 e. The van der Waals surface area contributed by atoms with Crippen molar-refractivity contribution in [2.24, 2.45) is 0 Å². The second-order valence-electron chi connectivity index (χ2n) is 16.9. The van der Waals surface area contributed by atoms with E-state index in [1.807, 2.05) is 24.3 Å². The molecule has 0 saturated carbocycles. The summed E-state index contributed by atoms with van der Waals surface area (Å²) >= 11 is 0. The summed E-state index contributed by atoms with van der Waals surface area (Å²) < 4.78 is 10.9. The molecule has 0 radical (unpaired) electrons. The fourth-order valence-corrected chi connectivity index (χ4v) is 8.87. The molecule has 0 heterocycles. The van der Waals surface area contributed by atoms with Crippen LogP contribution in [0.3, 0.4) is 0 Å². The highest BCUT2D eigenvalue weighted by Crippen LogP contribution is 2.39. The van der Waals surface area contributed by atoms with Gasteiger partial charge in [-0.1, -0.05) is 170 Å². The zero-order valence-corrected chi connectivity index (χ0v) is 39.3. The Balaban J connectivity index is 0.915. The minimum absolute atomic E-state index is 0.838. The molecular formula is C66H52N2O2. The summed E-state index contributed by atoms with van der Waals surface area (Å²) in [5.74, 6) is 1.68. The molecule has 0 atom stereocenters. The molecule has 0 aliphatic rings. The predicted octanol–water partition coefficient (Wildman–Crippen LogP) is 17.5. The summed E-state index contributed by atoms with van der Waals surface area (Å²) in [6, 6.07) is 94.0. The van der Waals surface area contributed by atoms with Gasteiger partial charge in [0.1, 0.15) is 11.5 Å². The van der Waals surface area contributed by atoms with Crippen molar-refractivity contribution in [3.63, 3.8) is 0 Å². The molecule has 0 saturated heterocycles. The lowest BCUT2D eigenvalue weighted by molar-refractivity contribution is 0.414. The molecule has 338 valence electrons. The van der Waals surface area contributed by atoms with Crippen LogP contribution in [0.25, 0.3) is 34.4 Å². The average Bonchev–Trinajstić information content (AvgIpc) is 3.44. The normalized spacial score (nSPS) is 11.5. The van der Waals surface area contributed by atoms with Crippen LogP contribution in [0.15, 0.2) is 267 Å². The van der Waals surface area contributed by atoms with E-state index in [4.69, 9.17) is 9.47 Å². The highest BCUT2D eigenvalue weighted by molar-refractivity contribution is 5.93. The topological polar surface area (TPSA) is 24.9 Å². The zero-order chi connectivity index (χ0) is 47.5. The number of nitrogens with zero attached hydrogens (tertiary/aromatic N) is 2. The molecule has 0 aromatic heterocycles. The Morgan fingerprint density at radius 1 is 0.271 bits per heavy atom. The molecule has 0 N–H and O–H groups in total. The number of anilines is 6. The highest BCUT2D eigenvalue weighted by atomic mass is 16.5. The van der Waals surface area contributed by atoms with Gasteiger partial charge in [0.25, 0.3) is 0 Å². The smallest absolute Gasteiger partial charge is 0.118 e. The van der Waals surface area contributed by atoms with Gasteiger partial charge in [-0.05, 0) is 165 Å². The first kappa shape index (κ1) is 44.7. The Morgan fingerprint density at radius 3 is 0.829 bits per heavy atom. The van der Waals surface area contributed by atoms with E-state index in [-0.39, 0.29) is 0 Å². The molecule has 70 heavy (non-hydrogen) atoms. The van der Waals surface area contributed by atoms with Crippen molar-refractivity contribution < 1.29 is 9.47 Å². The van der Waals surface area contributed by atoms with Crippen LogP contribution in [-0.2, 0) is 0 Å². The molecule has 10 rings (SSSR count). The summed E-state index contributed by atoms with van der Waals surface area (Å²) in [5.41, 5.74) is 17.9. The van der Waals surface area contributed by atoms with E-state index in [2.05, 4.69) is 265 Å². The highest BCUT2D eigenvalue weighted by Gasteiger charge is 2.16. The number of benzene rings is 10. The summed E-state index contributed by atoms with van der Waals surface area (Å²) in [4.78, 5) is 4.62. The van der Waals surface area contributed by atoms with Gasteiger partial charge in [-0.25, -0.2) is 0 Å². The van der Waals surface area contributed by atoms with Gasteiger partial charge in [0.2, 0.25) is 0 Å². The molecule has 4 nitrogen and oxygen atoms in total. The van der Waals surface area contributed by atoms with Gasteiger partial charge < -0.3 is 19.3 Å². The van der Waals surface area contributed by atoms with Crippen LogP contribution in [0.1, 0.15) is 33.4 Å². The Morgan fingerprint density at radius 2 is 0.529 bits per heavy atom. The molecule has 4 heteroatoms. The monoisotopic (exact) mass is 904 g/mol. The third kappa shape index (κ3) is 10.2.